The van der Waals surface area contributed by atoms with Gasteiger partial charge in [0.25, 0.3) is 0 Å². The Morgan fingerprint density at radius 2 is 1.46 bits per heavy atom. The second-order valence-electron chi connectivity index (χ2n) is 3.63. The van der Waals surface area contributed by atoms with Gasteiger partial charge in [-0.05, 0) is 12.8 Å². The van der Waals surface area contributed by atoms with Gasteiger partial charge in [-0.25, -0.2) is 0 Å². The van der Waals surface area contributed by atoms with Crippen molar-refractivity contribution in [3.05, 3.63) is 0 Å². The van der Waals surface area contributed by atoms with Gasteiger partial charge in [0, 0.05) is 19.2 Å². The Balaban J connectivity index is 2.91. The standard InChI is InChI=1S/C10H24N2O/c11-9-10(12)7-5-3-1-2-4-6-8-13/h10,13H,1-9,11-12H2. The molecule has 0 amide bonds. The van der Waals surface area contributed by atoms with Crippen molar-refractivity contribution in [2.24, 2.45) is 11.5 Å². The summed E-state index contributed by atoms with van der Waals surface area (Å²) in [5, 5.41) is 8.54. The zero-order valence-corrected chi connectivity index (χ0v) is 8.54. The number of unbranched alkanes of at least 4 members (excludes halogenated alkanes) is 5. The summed E-state index contributed by atoms with van der Waals surface area (Å²) < 4.78 is 0. The van der Waals surface area contributed by atoms with Gasteiger partial charge in [-0.3, -0.25) is 0 Å². The molecule has 0 bridgehead atoms. The third kappa shape index (κ3) is 9.80. The van der Waals surface area contributed by atoms with Crippen molar-refractivity contribution in [1.82, 2.24) is 0 Å². The van der Waals surface area contributed by atoms with Crippen LogP contribution in [0.25, 0.3) is 0 Å². The van der Waals surface area contributed by atoms with E-state index in [0.29, 0.717) is 13.2 Å². The zero-order valence-electron chi connectivity index (χ0n) is 8.54. The zero-order chi connectivity index (χ0) is 9.94. The number of nitrogens with two attached hydrogens (primary N) is 2. The van der Waals surface area contributed by atoms with Crippen LogP contribution in [0.4, 0.5) is 0 Å². The first-order valence-corrected chi connectivity index (χ1v) is 5.37. The number of aliphatic hydroxyl groups excluding tert-OH is 1. The Morgan fingerprint density at radius 3 is 2.00 bits per heavy atom. The van der Waals surface area contributed by atoms with Gasteiger partial charge in [0.05, 0.1) is 0 Å². The lowest BCUT2D eigenvalue weighted by Gasteiger charge is -2.07. The summed E-state index contributed by atoms with van der Waals surface area (Å²) in [6.45, 7) is 0.933. The molecule has 0 spiro atoms. The summed E-state index contributed by atoms with van der Waals surface area (Å²) in [7, 11) is 0. The Morgan fingerprint density at radius 1 is 0.923 bits per heavy atom. The molecule has 0 aromatic rings. The van der Waals surface area contributed by atoms with Crippen LogP contribution in [-0.4, -0.2) is 24.3 Å². The molecule has 0 saturated heterocycles. The molecule has 0 aliphatic rings. The van der Waals surface area contributed by atoms with Crippen LogP contribution in [-0.2, 0) is 0 Å². The van der Waals surface area contributed by atoms with Crippen molar-refractivity contribution in [2.75, 3.05) is 13.2 Å². The molecular weight excluding hydrogens is 164 g/mol. The molecule has 1 atom stereocenters. The molecule has 0 aliphatic heterocycles. The molecule has 1 unspecified atom stereocenters. The van der Waals surface area contributed by atoms with E-state index in [1.54, 1.807) is 0 Å². The largest absolute Gasteiger partial charge is 0.396 e. The maximum absolute atomic E-state index is 8.54. The number of hydrogen-bond acceptors (Lipinski definition) is 3. The molecule has 0 aliphatic carbocycles. The quantitative estimate of drug-likeness (QED) is 0.473. The number of rotatable bonds is 9. The molecule has 0 fully saturated rings. The fourth-order valence-corrected chi connectivity index (χ4v) is 1.34. The van der Waals surface area contributed by atoms with Gasteiger partial charge >= 0.3 is 0 Å². The summed E-state index contributed by atoms with van der Waals surface area (Å²) in [6, 6.07) is 0.192. The predicted octanol–water partition coefficient (Wildman–Crippen LogP) is 0.995. The Kier molecular flexibility index (Phi) is 9.87. The molecule has 0 rings (SSSR count). The molecule has 0 heterocycles. The maximum Gasteiger partial charge on any atom is 0.0431 e. The lowest BCUT2D eigenvalue weighted by Crippen LogP contribution is -2.29. The third-order valence-electron chi connectivity index (χ3n) is 2.29. The van der Waals surface area contributed by atoms with Crippen LogP contribution in [0.3, 0.4) is 0 Å². The van der Waals surface area contributed by atoms with Crippen LogP contribution < -0.4 is 11.5 Å². The molecule has 0 saturated carbocycles. The Bertz CT molecular complexity index is 98.9. The van der Waals surface area contributed by atoms with Crippen LogP contribution in [0.5, 0.6) is 0 Å². The highest BCUT2D eigenvalue weighted by molar-refractivity contribution is 4.60. The van der Waals surface area contributed by atoms with E-state index < -0.39 is 0 Å². The van der Waals surface area contributed by atoms with Gasteiger partial charge in [0.15, 0.2) is 0 Å². The summed E-state index contributed by atoms with van der Waals surface area (Å²) >= 11 is 0. The molecule has 5 N–H and O–H groups in total. The van der Waals surface area contributed by atoms with E-state index in [2.05, 4.69) is 0 Å². The van der Waals surface area contributed by atoms with Crippen molar-refractivity contribution in [1.29, 1.82) is 0 Å². The predicted molar refractivity (Wildman–Crippen MR) is 56.4 cm³/mol. The van der Waals surface area contributed by atoms with Gasteiger partial charge in [0.2, 0.25) is 0 Å². The van der Waals surface area contributed by atoms with Crippen molar-refractivity contribution in [3.63, 3.8) is 0 Å². The second-order valence-corrected chi connectivity index (χ2v) is 3.63. The smallest absolute Gasteiger partial charge is 0.0431 e. The lowest BCUT2D eigenvalue weighted by atomic mass is 10.1. The molecular formula is C10H24N2O. The highest BCUT2D eigenvalue weighted by Gasteiger charge is 1.98. The fourth-order valence-electron chi connectivity index (χ4n) is 1.34. The van der Waals surface area contributed by atoms with E-state index in [4.69, 9.17) is 16.6 Å². The minimum atomic E-state index is 0.192. The average molecular weight is 188 g/mol. The van der Waals surface area contributed by atoms with Crippen LogP contribution in [0, 0.1) is 0 Å². The van der Waals surface area contributed by atoms with Gasteiger partial charge in [-0.2, -0.15) is 0 Å². The Labute approximate surface area is 81.5 Å². The van der Waals surface area contributed by atoms with E-state index in [9.17, 15) is 0 Å². The van der Waals surface area contributed by atoms with Crippen LogP contribution in [0.15, 0.2) is 0 Å². The first-order chi connectivity index (χ1) is 6.31. The monoisotopic (exact) mass is 188 g/mol. The maximum atomic E-state index is 8.54. The van der Waals surface area contributed by atoms with Crippen molar-refractivity contribution < 1.29 is 5.11 Å². The molecule has 3 heteroatoms. The molecule has 80 valence electrons. The molecule has 3 nitrogen and oxygen atoms in total. The number of aliphatic hydroxyl groups is 1. The number of hydrogen-bond donors (Lipinski definition) is 3. The topological polar surface area (TPSA) is 72.3 Å². The minimum Gasteiger partial charge on any atom is -0.396 e. The highest BCUT2D eigenvalue weighted by atomic mass is 16.2. The van der Waals surface area contributed by atoms with Crippen molar-refractivity contribution in [2.45, 2.75) is 51.0 Å². The van der Waals surface area contributed by atoms with Gasteiger partial charge in [0.1, 0.15) is 0 Å². The summed E-state index contributed by atoms with van der Waals surface area (Å²) in [5.41, 5.74) is 11.1. The first-order valence-electron chi connectivity index (χ1n) is 5.37. The third-order valence-corrected chi connectivity index (χ3v) is 2.29. The summed E-state index contributed by atoms with van der Waals surface area (Å²) in [4.78, 5) is 0. The van der Waals surface area contributed by atoms with Gasteiger partial charge in [-0.15, -0.1) is 0 Å². The molecule has 0 radical (unpaired) electrons. The highest BCUT2D eigenvalue weighted by Crippen LogP contribution is 2.07. The normalized spacial score (nSPS) is 13.2. The molecule has 0 aromatic heterocycles. The molecule has 0 aromatic carbocycles. The Hall–Kier alpha value is -0.120. The van der Waals surface area contributed by atoms with Crippen LogP contribution >= 0.6 is 0 Å². The van der Waals surface area contributed by atoms with Crippen LogP contribution in [0.2, 0.25) is 0 Å². The van der Waals surface area contributed by atoms with E-state index in [1.165, 1.54) is 25.7 Å². The second kappa shape index (κ2) is 9.96. The fraction of sp³-hybridized carbons (Fsp3) is 1.00. The SMILES string of the molecule is NCC(N)CCCCCCCCO. The molecule has 13 heavy (non-hydrogen) atoms. The minimum absolute atomic E-state index is 0.192. The van der Waals surface area contributed by atoms with E-state index >= 15 is 0 Å². The summed E-state index contributed by atoms with van der Waals surface area (Å²) in [6.07, 6.45) is 8.09. The van der Waals surface area contributed by atoms with E-state index in [0.717, 1.165) is 19.3 Å². The van der Waals surface area contributed by atoms with Gasteiger partial charge in [-0.1, -0.05) is 32.1 Å². The first kappa shape index (κ1) is 12.9. The van der Waals surface area contributed by atoms with Gasteiger partial charge < -0.3 is 16.6 Å². The van der Waals surface area contributed by atoms with Crippen LogP contribution in [0.1, 0.15) is 44.9 Å². The van der Waals surface area contributed by atoms with Crippen molar-refractivity contribution >= 4 is 0 Å². The summed E-state index contributed by atoms with van der Waals surface area (Å²) in [5.74, 6) is 0. The lowest BCUT2D eigenvalue weighted by molar-refractivity contribution is 0.282. The van der Waals surface area contributed by atoms with Crippen molar-refractivity contribution in [3.8, 4) is 0 Å². The average Bonchev–Trinajstić information content (AvgIpc) is 2.16. The van der Waals surface area contributed by atoms with E-state index in [-0.39, 0.29) is 6.04 Å². The van der Waals surface area contributed by atoms with E-state index in [1.807, 2.05) is 0 Å².